The summed E-state index contributed by atoms with van der Waals surface area (Å²) in [5.74, 6) is 7.55. The number of aromatic nitrogens is 3. The number of aliphatic hydroxyl groups is 1. The quantitative estimate of drug-likeness (QED) is 0.390. The Morgan fingerprint density at radius 3 is 2.75 bits per heavy atom. The van der Waals surface area contributed by atoms with E-state index in [1.165, 1.54) is 6.42 Å². The Morgan fingerprint density at radius 1 is 1.03 bits per heavy atom. The lowest BCUT2D eigenvalue weighted by molar-refractivity contribution is 0.0610. The average Bonchev–Trinajstić information content (AvgIpc) is 3.22. The standard InChI is InChI=1S/C26H23ClN4O/c27-21-5-4-6-22(18-21)29-25-28-15-10-24(30-25)31-16-11-20-8-7-19(17-23(20)31)9-14-26(32)12-2-1-3-13-26/h4-8,10-11,15-18,32H,1-3,12-13H2,(H,28,29,30). The van der Waals surface area contributed by atoms with Crippen molar-refractivity contribution in [2.24, 2.45) is 0 Å². The lowest BCUT2D eigenvalue weighted by atomic mass is 9.85. The Bertz CT molecular complexity index is 1330. The molecule has 4 aromatic rings. The normalized spacial score (nSPS) is 15.2. The molecule has 0 unspecified atom stereocenters. The summed E-state index contributed by atoms with van der Waals surface area (Å²) in [6.07, 6.45) is 8.46. The molecule has 5 rings (SSSR count). The molecule has 0 aliphatic heterocycles. The summed E-state index contributed by atoms with van der Waals surface area (Å²) in [4.78, 5) is 9.00. The first-order valence-corrected chi connectivity index (χ1v) is 11.2. The Kier molecular flexibility index (Phi) is 5.57. The van der Waals surface area contributed by atoms with Crippen LogP contribution in [-0.2, 0) is 0 Å². The van der Waals surface area contributed by atoms with E-state index in [1.54, 1.807) is 6.20 Å². The number of benzene rings is 2. The minimum atomic E-state index is -0.858. The Hall–Kier alpha value is -3.33. The number of anilines is 2. The third kappa shape index (κ3) is 4.47. The molecule has 0 spiro atoms. The van der Waals surface area contributed by atoms with Crippen molar-refractivity contribution in [1.29, 1.82) is 0 Å². The number of hydrogen-bond acceptors (Lipinski definition) is 4. The van der Waals surface area contributed by atoms with Gasteiger partial charge in [0.05, 0.1) is 5.52 Å². The number of nitrogens with zero attached hydrogens (tertiary/aromatic N) is 3. The van der Waals surface area contributed by atoms with Gasteiger partial charge in [-0.05, 0) is 68.1 Å². The van der Waals surface area contributed by atoms with E-state index >= 15 is 0 Å². The molecule has 0 atom stereocenters. The largest absolute Gasteiger partial charge is 0.378 e. The van der Waals surface area contributed by atoms with Crippen LogP contribution in [0.3, 0.4) is 0 Å². The van der Waals surface area contributed by atoms with E-state index in [2.05, 4.69) is 27.1 Å². The zero-order chi connectivity index (χ0) is 22.0. The van der Waals surface area contributed by atoms with Gasteiger partial charge in [-0.1, -0.05) is 42.0 Å². The minimum Gasteiger partial charge on any atom is -0.378 e. The summed E-state index contributed by atoms with van der Waals surface area (Å²) in [7, 11) is 0. The van der Waals surface area contributed by atoms with Crippen LogP contribution in [0.25, 0.3) is 16.7 Å². The van der Waals surface area contributed by atoms with Crippen molar-refractivity contribution in [1.82, 2.24) is 14.5 Å². The zero-order valence-electron chi connectivity index (χ0n) is 17.6. The molecule has 2 heterocycles. The smallest absolute Gasteiger partial charge is 0.229 e. The van der Waals surface area contributed by atoms with Crippen molar-refractivity contribution in [3.63, 3.8) is 0 Å². The predicted octanol–water partition coefficient (Wildman–Crippen LogP) is 5.86. The molecule has 32 heavy (non-hydrogen) atoms. The summed E-state index contributed by atoms with van der Waals surface area (Å²) in [5, 5.41) is 15.6. The maximum Gasteiger partial charge on any atom is 0.229 e. The highest BCUT2D eigenvalue weighted by Gasteiger charge is 2.26. The molecule has 2 aromatic heterocycles. The van der Waals surface area contributed by atoms with Crippen LogP contribution >= 0.6 is 11.6 Å². The molecule has 2 N–H and O–H groups in total. The fraction of sp³-hybridized carbons (Fsp3) is 0.231. The monoisotopic (exact) mass is 442 g/mol. The molecule has 6 heteroatoms. The Labute approximate surface area is 192 Å². The second-order valence-corrected chi connectivity index (χ2v) is 8.61. The van der Waals surface area contributed by atoms with Gasteiger partial charge in [-0.3, -0.25) is 0 Å². The Balaban J connectivity index is 1.45. The van der Waals surface area contributed by atoms with Gasteiger partial charge in [-0.25, -0.2) is 4.98 Å². The highest BCUT2D eigenvalue weighted by atomic mass is 35.5. The van der Waals surface area contributed by atoms with Crippen molar-refractivity contribution in [3.05, 3.63) is 77.6 Å². The molecule has 1 aliphatic rings. The molecule has 0 bridgehead atoms. The summed E-state index contributed by atoms with van der Waals surface area (Å²) >= 11 is 6.08. The van der Waals surface area contributed by atoms with Crippen molar-refractivity contribution in [2.45, 2.75) is 37.7 Å². The predicted molar refractivity (Wildman–Crippen MR) is 129 cm³/mol. The van der Waals surface area contributed by atoms with Crippen LogP contribution in [0.5, 0.6) is 0 Å². The molecule has 2 aromatic carbocycles. The van der Waals surface area contributed by atoms with Gasteiger partial charge < -0.3 is 15.0 Å². The van der Waals surface area contributed by atoms with Crippen LogP contribution in [0.2, 0.25) is 5.02 Å². The second kappa shape index (κ2) is 8.66. The van der Waals surface area contributed by atoms with Crippen molar-refractivity contribution in [3.8, 4) is 17.7 Å². The number of nitrogens with one attached hydrogen (secondary N) is 1. The first-order valence-electron chi connectivity index (χ1n) is 10.8. The average molecular weight is 443 g/mol. The molecule has 1 saturated carbocycles. The van der Waals surface area contributed by atoms with Gasteiger partial charge in [-0.2, -0.15) is 4.98 Å². The van der Waals surface area contributed by atoms with Gasteiger partial charge in [0.2, 0.25) is 5.95 Å². The van der Waals surface area contributed by atoms with Crippen molar-refractivity contribution < 1.29 is 5.11 Å². The molecule has 5 nitrogen and oxygen atoms in total. The van der Waals surface area contributed by atoms with Gasteiger partial charge in [0, 0.05) is 34.1 Å². The third-order valence-electron chi connectivity index (χ3n) is 5.78. The number of hydrogen-bond donors (Lipinski definition) is 2. The fourth-order valence-corrected chi connectivity index (χ4v) is 4.29. The summed E-state index contributed by atoms with van der Waals surface area (Å²) in [6.45, 7) is 0. The number of fused-ring (bicyclic) bond motifs is 1. The molecular formula is C26H23ClN4O. The van der Waals surface area contributed by atoms with E-state index in [9.17, 15) is 5.11 Å². The van der Waals surface area contributed by atoms with Gasteiger partial charge >= 0.3 is 0 Å². The van der Waals surface area contributed by atoms with E-state index in [4.69, 9.17) is 11.6 Å². The maximum absolute atomic E-state index is 10.7. The molecule has 0 saturated heterocycles. The van der Waals surface area contributed by atoms with Gasteiger partial charge in [0.25, 0.3) is 0 Å². The molecule has 1 aliphatic carbocycles. The molecular weight excluding hydrogens is 420 g/mol. The summed E-state index contributed by atoms with van der Waals surface area (Å²) in [6, 6.07) is 17.4. The first-order chi connectivity index (χ1) is 15.6. The van der Waals surface area contributed by atoms with E-state index in [0.717, 1.165) is 53.7 Å². The van der Waals surface area contributed by atoms with E-state index in [1.807, 2.05) is 65.4 Å². The van der Waals surface area contributed by atoms with Crippen LogP contribution in [0.1, 0.15) is 37.7 Å². The minimum absolute atomic E-state index is 0.488. The van der Waals surface area contributed by atoms with Gasteiger partial charge in [0.15, 0.2) is 0 Å². The highest BCUT2D eigenvalue weighted by Crippen LogP contribution is 2.28. The molecule has 0 amide bonds. The van der Waals surface area contributed by atoms with Crippen LogP contribution < -0.4 is 5.32 Å². The Morgan fingerprint density at radius 2 is 1.91 bits per heavy atom. The lowest BCUT2D eigenvalue weighted by Crippen LogP contribution is -2.29. The topological polar surface area (TPSA) is 63.0 Å². The van der Waals surface area contributed by atoms with Crippen LogP contribution in [0.4, 0.5) is 11.6 Å². The van der Waals surface area contributed by atoms with E-state index in [-0.39, 0.29) is 0 Å². The molecule has 1 fully saturated rings. The molecule has 0 radical (unpaired) electrons. The van der Waals surface area contributed by atoms with E-state index < -0.39 is 5.60 Å². The summed E-state index contributed by atoms with van der Waals surface area (Å²) < 4.78 is 2.01. The van der Waals surface area contributed by atoms with Crippen LogP contribution in [0, 0.1) is 11.8 Å². The first kappa shape index (κ1) is 20.6. The van der Waals surface area contributed by atoms with E-state index in [0.29, 0.717) is 11.0 Å². The highest BCUT2D eigenvalue weighted by molar-refractivity contribution is 6.30. The maximum atomic E-state index is 10.7. The third-order valence-corrected chi connectivity index (χ3v) is 6.02. The second-order valence-electron chi connectivity index (χ2n) is 8.18. The van der Waals surface area contributed by atoms with Crippen LogP contribution in [0.15, 0.2) is 67.0 Å². The van der Waals surface area contributed by atoms with Crippen LogP contribution in [-0.4, -0.2) is 25.2 Å². The lowest BCUT2D eigenvalue weighted by Gasteiger charge is -2.26. The van der Waals surface area contributed by atoms with Gasteiger partial charge in [-0.15, -0.1) is 0 Å². The van der Waals surface area contributed by atoms with Crippen molar-refractivity contribution in [2.75, 3.05) is 5.32 Å². The summed E-state index contributed by atoms with van der Waals surface area (Å²) in [5.41, 5.74) is 1.84. The van der Waals surface area contributed by atoms with Gasteiger partial charge in [0.1, 0.15) is 11.4 Å². The molecule has 160 valence electrons. The zero-order valence-corrected chi connectivity index (χ0v) is 18.3. The fourth-order valence-electron chi connectivity index (χ4n) is 4.09. The van der Waals surface area contributed by atoms with Crippen molar-refractivity contribution >= 4 is 34.1 Å². The SMILES string of the molecule is OC1(C#Cc2ccc3ccn(-c4ccnc(Nc5cccc(Cl)c5)n4)c3c2)CCCCC1. The number of halogens is 1. The number of rotatable bonds is 3.